The van der Waals surface area contributed by atoms with Gasteiger partial charge in [0.1, 0.15) is 5.82 Å². The van der Waals surface area contributed by atoms with E-state index in [1.165, 1.54) is 4.90 Å². The molecule has 10 heteroatoms. The molecule has 4 aromatic rings. The van der Waals surface area contributed by atoms with E-state index in [4.69, 9.17) is 14.7 Å². The first-order chi connectivity index (χ1) is 19.4. The Balaban J connectivity index is 1.49. The number of hydrogen-bond donors (Lipinski definition) is 2. The van der Waals surface area contributed by atoms with Crippen LogP contribution in [0.25, 0.3) is 22.1 Å². The van der Waals surface area contributed by atoms with Gasteiger partial charge in [-0.2, -0.15) is 0 Å². The third-order valence-electron chi connectivity index (χ3n) is 7.58. The topological polar surface area (TPSA) is 117 Å². The van der Waals surface area contributed by atoms with Gasteiger partial charge in [-0.05, 0) is 49.4 Å². The summed E-state index contributed by atoms with van der Waals surface area (Å²) in [6.07, 6.45) is 1.34. The van der Waals surface area contributed by atoms with Crippen LogP contribution in [0.3, 0.4) is 0 Å². The van der Waals surface area contributed by atoms with Crippen LogP contribution in [0.5, 0.6) is 0 Å². The number of piperidine rings is 1. The monoisotopic (exact) mass is 546 g/mol. The Morgan fingerprint density at radius 3 is 2.55 bits per heavy atom. The number of imidazole rings is 2. The summed E-state index contributed by atoms with van der Waals surface area (Å²) >= 11 is 0. The van der Waals surface area contributed by atoms with E-state index in [1.807, 2.05) is 58.0 Å². The number of aryl methyl sites for hydroxylation is 1. The second-order valence-electron chi connectivity index (χ2n) is 11.0. The largest absolute Gasteiger partial charge is 0.465 e. The Bertz CT molecular complexity index is 1440. The van der Waals surface area contributed by atoms with E-state index >= 15 is 0 Å². The molecular weight excluding hydrogens is 508 g/mol. The number of rotatable bonds is 10. The fourth-order valence-electron chi connectivity index (χ4n) is 5.72. The molecule has 3 heterocycles. The maximum atomic E-state index is 14.3. The summed E-state index contributed by atoms with van der Waals surface area (Å²) in [6.45, 7) is 6.52. The number of H-pyrrole nitrogens is 1. The van der Waals surface area contributed by atoms with Gasteiger partial charge in [0.25, 0.3) is 5.91 Å². The van der Waals surface area contributed by atoms with Crippen molar-refractivity contribution in [3.05, 3.63) is 60.2 Å². The van der Waals surface area contributed by atoms with E-state index in [0.29, 0.717) is 38.5 Å². The number of aromatic amines is 1. The molecule has 1 aliphatic heterocycles. The minimum atomic E-state index is -0.992. The molecule has 5 rings (SSSR count). The van der Waals surface area contributed by atoms with Crippen molar-refractivity contribution in [2.75, 3.05) is 33.4 Å². The molecule has 2 amide bonds. The zero-order valence-corrected chi connectivity index (χ0v) is 23.4. The number of amides is 2. The molecule has 10 nitrogen and oxygen atoms in total. The molecule has 40 heavy (non-hydrogen) atoms. The summed E-state index contributed by atoms with van der Waals surface area (Å²) in [7, 11) is 1.69. The predicted octanol–water partition coefficient (Wildman–Crippen LogP) is 4.97. The van der Waals surface area contributed by atoms with Crippen LogP contribution >= 0.6 is 0 Å². The van der Waals surface area contributed by atoms with Crippen LogP contribution in [0, 0.1) is 5.92 Å². The van der Waals surface area contributed by atoms with Crippen molar-refractivity contribution in [2.24, 2.45) is 5.92 Å². The van der Waals surface area contributed by atoms with E-state index in [-0.39, 0.29) is 30.3 Å². The van der Waals surface area contributed by atoms with Gasteiger partial charge in [-0.3, -0.25) is 4.79 Å². The zero-order valence-electron chi connectivity index (χ0n) is 23.4. The lowest BCUT2D eigenvalue weighted by molar-refractivity contribution is 0.0453. The lowest BCUT2D eigenvalue weighted by Gasteiger charge is -2.41. The molecule has 2 aromatic heterocycles. The summed E-state index contributed by atoms with van der Waals surface area (Å²) < 4.78 is 7.23. The van der Waals surface area contributed by atoms with E-state index in [1.54, 1.807) is 7.11 Å². The Kier molecular flexibility index (Phi) is 8.35. The molecule has 212 valence electrons. The fraction of sp³-hybridized carbons (Fsp3) is 0.467. The third kappa shape index (κ3) is 5.82. The standard InChI is InChI=1S/C30H38N6O4/c1-20(2)17-36(29(37)28-33-25-12-6-7-13-26(25)35(28)14-8-9-15-40-3)22-16-21(18-34(19-22)30(38)39)27-31-23-10-4-5-11-24(23)32-27/h4-7,10-13,20-22H,8-9,14-19H2,1-3H3,(H,31,32)(H,38,39)/t21-,22+/m1/s1. The minimum Gasteiger partial charge on any atom is -0.465 e. The van der Waals surface area contributed by atoms with Crippen LogP contribution in [-0.2, 0) is 11.3 Å². The number of hydrogen-bond acceptors (Lipinski definition) is 5. The summed E-state index contributed by atoms with van der Waals surface area (Å²) in [5.41, 5.74) is 3.46. The van der Waals surface area contributed by atoms with Gasteiger partial charge in [-0.1, -0.05) is 38.1 Å². The lowest BCUT2D eigenvalue weighted by atomic mass is 9.92. The maximum absolute atomic E-state index is 14.3. The van der Waals surface area contributed by atoms with Gasteiger partial charge in [0.05, 0.1) is 28.1 Å². The number of nitrogens with one attached hydrogen (secondary N) is 1. The molecule has 2 atom stereocenters. The Morgan fingerprint density at radius 2 is 1.82 bits per heavy atom. The van der Waals surface area contributed by atoms with E-state index in [0.717, 1.165) is 40.7 Å². The Labute approximate surface area is 234 Å². The van der Waals surface area contributed by atoms with Gasteiger partial charge in [0.2, 0.25) is 0 Å². The molecule has 1 aliphatic rings. The third-order valence-corrected chi connectivity index (χ3v) is 7.58. The molecule has 0 bridgehead atoms. The predicted molar refractivity (Wildman–Crippen MR) is 154 cm³/mol. The quantitative estimate of drug-likeness (QED) is 0.271. The molecular formula is C30H38N6O4. The normalized spacial score (nSPS) is 17.6. The molecule has 0 unspecified atom stereocenters. The number of carboxylic acid groups (broad SMARTS) is 1. The van der Waals surface area contributed by atoms with Gasteiger partial charge < -0.3 is 29.2 Å². The van der Waals surface area contributed by atoms with E-state index in [9.17, 15) is 14.7 Å². The highest BCUT2D eigenvalue weighted by molar-refractivity contribution is 5.95. The summed E-state index contributed by atoms with van der Waals surface area (Å²) in [6, 6.07) is 15.3. The summed E-state index contributed by atoms with van der Waals surface area (Å²) in [4.78, 5) is 42.8. The molecule has 2 aromatic carbocycles. The van der Waals surface area contributed by atoms with Crippen molar-refractivity contribution in [3.63, 3.8) is 0 Å². The first-order valence-corrected chi connectivity index (χ1v) is 14.0. The molecule has 0 spiro atoms. The highest BCUT2D eigenvalue weighted by Crippen LogP contribution is 2.31. The molecule has 0 aliphatic carbocycles. The number of para-hydroxylation sites is 4. The number of benzene rings is 2. The van der Waals surface area contributed by atoms with Crippen LogP contribution in [-0.4, -0.2) is 85.8 Å². The van der Waals surface area contributed by atoms with Crippen LogP contribution in [0.4, 0.5) is 4.79 Å². The van der Waals surface area contributed by atoms with Crippen LogP contribution in [0.2, 0.25) is 0 Å². The van der Waals surface area contributed by atoms with Crippen LogP contribution in [0.1, 0.15) is 55.5 Å². The maximum Gasteiger partial charge on any atom is 0.407 e. The molecule has 0 radical (unpaired) electrons. The van der Waals surface area contributed by atoms with Crippen LogP contribution < -0.4 is 0 Å². The number of fused-ring (bicyclic) bond motifs is 2. The average Bonchev–Trinajstić information content (AvgIpc) is 3.55. The number of carbonyl (C=O) groups is 2. The van der Waals surface area contributed by atoms with Crippen molar-refractivity contribution in [2.45, 2.75) is 51.6 Å². The lowest BCUT2D eigenvalue weighted by Crippen LogP contribution is -2.54. The second kappa shape index (κ2) is 12.1. The van der Waals surface area contributed by atoms with Gasteiger partial charge in [0, 0.05) is 45.8 Å². The number of methoxy groups -OCH3 is 1. The first kappa shape index (κ1) is 27.6. The number of aromatic nitrogens is 4. The smallest absolute Gasteiger partial charge is 0.407 e. The zero-order chi connectivity index (χ0) is 28.2. The second-order valence-corrected chi connectivity index (χ2v) is 11.0. The summed E-state index contributed by atoms with van der Waals surface area (Å²) in [5, 5.41) is 10.0. The average molecular weight is 547 g/mol. The Hall–Kier alpha value is -3.92. The minimum absolute atomic E-state index is 0.169. The highest BCUT2D eigenvalue weighted by atomic mass is 16.5. The molecule has 1 saturated heterocycles. The van der Waals surface area contributed by atoms with Crippen molar-refractivity contribution >= 4 is 34.1 Å². The number of ether oxygens (including phenoxy) is 1. The number of carbonyl (C=O) groups excluding carboxylic acids is 1. The molecule has 0 saturated carbocycles. The SMILES string of the molecule is COCCCCn1c(C(=O)N(CC(C)C)[C@H]2C[C@@H](c3nc4ccccc4[nH]3)CN(C(=O)O)C2)nc2ccccc21. The number of likely N-dealkylation sites (tertiary alicyclic amines) is 1. The van der Waals surface area contributed by atoms with E-state index < -0.39 is 6.09 Å². The van der Waals surface area contributed by atoms with Gasteiger partial charge in [-0.15, -0.1) is 0 Å². The van der Waals surface area contributed by atoms with Crippen LogP contribution in [0.15, 0.2) is 48.5 Å². The molecule has 1 fully saturated rings. The first-order valence-electron chi connectivity index (χ1n) is 14.0. The summed E-state index contributed by atoms with van der Waals surface area (Å²) in [5.74, 6) is 0.995. The Morgan fingerprint density at radius 1 is 1.07 bits per heavy atom. The van der Waals surface area contributed by atoms with Gasteiger partial charge >= 0.3 is 6.09 Å². The molecule has 2 N–H and O–H groups in total. The van der Waals surface area contributed by atoms with Gasteiger partial charge in [0.15, 0.2) is 5.82 Å². The number of unbranched alkanes of at least 4 members (excludes halogenated alkanes) is 1. The van der Waals surface area contributed by atoms with Crippen molar-refractivity contribution in [3.8, 4) is 0 Å². The number of nitrogens with zero attached hydrogens (tertiary/aromatic N) is 5. The van der Waals surface area contributed by atoms with Gasteiger partial charge in [-0.25, -0.2) is 14.8 Å². The van der Waals surface area contributed by atoms with E-state index in [2.05, 4.69) is 18.8 Å². The van der Waals surface area contributed by atoms with Crippen molar-refractivity contribution < 1.29 is 19.4 Å². The van der Waals surface area contributed by atoms with Crippen molar-refractivity contribution in [1.29, 1.82) is 0 Å². The fourth-order valence-corrected chi connectivity index (χ4v) is 5.72. The van der Waals surface area contributed by atoms with Crippen molar-refractivity contribution in [1.82, 2.24) is 29.3 Å². The highest BCUT2D eigenvalue weighted by Gasteiger charge is 2.38.